The van der Waals surface area contributed by atoms with Gasteiger partial charge in [0.1, 0.15) is 0 Å². The Labute approximate surface area is 125 Å². The van der Waals surface area contributed by atoms with E-state index >= 15 is 0 Å². The molecule has 104 valence electrons. The first kappa shape index (κ1) is 13.3. The fourth-order valence-electron chi connectivity index (χ4n) is 1.96. The monoisotopic (exact) mass is 299 g/mol. The molecule has 21 heavy (non-hydrogen) atoms. The van der Waals surface area contributed by atoms with Gasteiger partial charge >= 0.3 is 5.97 Å². The van der Waals surface area contributed by atoms with Gasteiger partial charge in [-0.05, 0) is 18.2 Å². The fourth-order valence-corrected chi connectivity index (χ4v) is 2.15. The van der Waals surface area contributed by atoms with E-state index in [0.29, 0.717) is 16.5 Å². The van der Waals surface area contributed by atoms with Crippen LogP contribution in [0, 0.1) is 0 Å². The van der Waals surface area contributed by atoms with E-state index in [0.717, 1.165) is 5.56 Å². The van der Waals surface area contributed by atoms with Crippen molar-refractivity contribution in [3.8, 4) is 17.1 Å². The molecule has 5 nitrogen and oxygen atoms in total. The molecule has 0 bridgehead atoms. The first-order valence-electron chi connectivity index (χ1n) is 6.17. The van der Waals surface area contributed by atoms with Crippen molar-refractivity contribution in [2.45, 2.75) is 0 Å². The zero-order chi connectivity index (χ0) is 14.8. The van der Waals surface area contributed by atoms with E-state index in [1.165, 1.54) is 4.68 Å². The molecule has 1 N–H and O–H groups in total. The van der Waals surface area contributed by atoms with E-state index in [2.05, 4.69) is 10.1 Å². The van der Waals surface area contributed by atoms with E-state index in [1.807, 2.05) is 30.3 Å². The Balaban J connectivity index is 2.21. The molecule has 0 aliphatic carbocycles. The number of halogens is 1. The van der Waals surface area contributed by atoms with Crippen molar-refractivity contribution >= 4 is 17.6 Å². The second-order valence-corrected chi connectivity index (χ2v) is 4.76. The Morgan fingerprint density at radius 2 is 1.86 bits per heavy atom. The van der Waals surface area contributed by atoms with Crippen molar-refractivity contribution in [3.05, 3.63) is 65.4 Å². The van der Waals surface area contributed by atoms with Gasteiger partial charge in [0, 0.05) is 10.6 Å². The maximum absolute atomic E-state index is 11.1. The Kier molecular flexibility index (Phi) is 3.41. The normalized spacial score (nSPS) is 10.5. The second-order valence-electron chi connectivity index (χ2n) is 4.32. The third kappa shape index (κ3) is 2.64. The Morgan fingerprint density at radius 1 is 1.10 bits per heavy atom. The highest BCUT2D eigenvalue weighted by atomic mass is 35.5. The van der Waals surface area contributed by atoms with Gasteiger partial charge in [-0.25, -0.2) is 14.5 Å². The lowest BCUT2D eigenvalue weighted by molar-refractivity contribution is 0.0683. The topological polar surface area (TPSA) is 68.0 Å². The van der Waals surface area contributed by atoms with Gasteiger partial charge in [0.25, 0.3) is 5.82 Å². The molecular formula is C15H10ClN3O2. The minimum Gasteiger partial charge on any atom is -0.475 e. The van der Waals surface area contributed by atoms with Gasteiger partial charge in [0.15, 0.2) is 5.82 Å². The average Bonchev–Trinajstić information content (AvgIpc) is 2.93. The van der Waals surface area contributed by atoms with Crippen molar-refractivity contribution in [1.29, 1.82) is 0 Å². The van der Waals surface area contributed by atoms with Gasteiger partial charge in [-0.15, -0.1) is 5.10 Å². The summed E-state index contributed by atoms with van der Waals surface area (Å²) in [6.45, 7) is 0. The van der Waals surface area contributed by atoms with Gasteiger partial charge < -0.3 is 5.11 Å². The third-order valence-corrected chi connectivity index (χ3v) is 3.12. The summed E-state index contributed by atoms with van der Waals surface area (Å²) in [5.41, 5.74) is 1.43. The molecule has 0 unspecified atom stereocenters. The van der Waals surface area contributed by atoms with Gasteiger partial charge in [-0.1, -0.05) is 48.0 Å². The number of carbonyl (C=O) groups is 1. The molecule has 0 spiro atoms. The number of carboxylic acids is 1. The lowest BCUT2D eigenvalue weighted by Gasteiger charge is -2.06. The summed E-state index contributed by atoms with van der Waals surface area (Å²) in [5.74, 6) is -0.975. The fraction of sp³-hybridized carbons (Fsp3) is 0. The highest BCUT2D eigenvalue weighted by Gasteiger charge is 2.17. The minimum absolute atomic E-state index is 0.256. The smallest absolute Gasteiger partial charge is 0.375 e. The Hall–Kier alpha value is -2.66. The summed E-state index contributed by atoms with van der Waals surface area (Å²) in [4.78, 5) is 15.2. The van der Waals surface area contributed by atoms with E-state index < -0.39 is 5.97 Å². The number of aromatic carboxylic acids is 1. The molecule has 0 amide bonds. The first-order valence-corrected chi connectivity index (χ1v) is 6.54. The van der Waals surface area contributed by atoms with Crippen LogP contribution in [0.3, 0.4) is 0 Å². The van der Waals surface area contributed by atoms with Gasteiger partial charge in [-0.2, -0.15) is 0 Å². The molecule has 3 rings (SSSR count). The molecule has 0 aliphatic rings. The van der Waals surface area contributed by atoms with Crippen LogP contribution in [0.1, 0.15) is 10.6 Å². The first-order chi connectivity index (χ1) is 10.1. The summed E-state index contributed by atoms with van der Waals surface area (Å²) in [6.07, 6.45) is 0. The molecule has 3 aromatic rings. The summed E-state index contributed by atoms with van der Waals surface area (Å²) >= 11 is 5.98. The minimum atomic E-state index is -1.17. The number of rotatable bonds is 3. The maximum atomic E-state index is 11.1. The largest absolute Gasteiger partial charge is 0.475 e. The van der Waals surface area contributed by atoms with E-state index in [1.54, 1.807) is 24.3 Å². The van der Waals surface area contributed by atoms with Crippen LogP contribution in [0.5, 0.6) is 0 Å². The molecule has 1 heterocycles. The van der Waals surface area contributed by atoms with Crippen LogP contribution < -0.4 is 0 Å². The second kappa shape index (κ2) is 5.38. The summed E-state index contributed by atoms with van der Waals surface area (Å²) in [6, 6.07) is 16.3. The van der Waals surface area contributed by atoms with Crippen molar-refractivity contribution in [2.24, 2.45) is 0 Å². The number of hydrogen-bond acceptors (Lipinski definition) is 3. The lowest BCUT2D eigenvalue weighted by Crippen LogP contribution is -2.02. The molecule has 0 radical (unpaired) electrons. The maximum Gasteiger partial charge on any atom is 0.375 e. The van der Waals surface area contributed by atoms with Crippen LogP contribution >= 0.6 is 11.6 Å². The van der Waals surface area contributed by atoms with Crippen LogP contribution in [0.25, 0.3) is 17.1 Å². The van der Waals surface area contributed by atoms with Crippen LogP contribution in [0.4, 0.5) is 0 Å². The predicted molar refractivity (Wildman–Crippen MR) is 78.8 cm³/mol. The molecule has 1 aromatic heterocycles. The summed E-state index contributed by atoms with van der Waals surface area (Å²) in [5, 5.41) is 13.7. The molecule has 0 atom stereocenters. The molecule has 0 saturated carbocycles. The molecule has 2 aromatic carbocycles. The molecule has 0 fully saturated rings. The summed E-state index contributed by atoms with van der Waals surface area (Å²) < 4.78 is 1.48. The number of carboxylic acid groups (broad SMARTS) is 1. The van der Waals surface area contributed by atoms with E-state index in [4.69, 9.17) is 16.7 Å². The van der Waals surface area contributed by atoms with E-state index in [9.17, 15) is 4.79 Å². The highest BCUT2D eigenvalue weighted by Crippen LogP contribution is 2.22. The van der Waals surface area contributed by atoms with Gasteiger partial charge in [0.2, 0.25) is 0 Å². The summed E-state index contributed by atoms with van der Waals surface area (Å²) in [7, 11) is 0. The van der Waals surface area contributed by atoms with Crippen molar-refractivity contribution in [3.63, 3.8) is 0 Å². The highest BCUT2D eigenvalue weighted by molar-refractivity contribution is 6.30. The van der Waals surface area contributed by atoms with Crippen LogP contribution in [-0.2, 0) is 0 Å². The van der Waals surface area contributed by atoms with Crippen molar-refractivity contribution in [1.82, 2.24) is 14.8 Å². The van der Waals surface area contributed by atoms with Crippen LogP contribution in [0.2, 0.25) is 5.02 Å². The molecule has 6 heteroatoms. The number of aromatic nitrogens is 3. The zero-order valence-corrected chi connectivity index (χ0v) is 11.5. The van der Waals surface area contributed by atoms with Crippen LogP contribution in [-0.4, -0.2) is 25.8 Å². The third-order valence-electron chi connectivity index (χ3n) is 2.88. The van der Waals surface area contributed by atoms with Crippen LogP contribution in [0.15, 0.2) is 54.6 Å². The van der Waals surface area contributed by atoms with Gasteiger partial charge in [0.05, 0.1) is 5.69 Å². The quantitative estimate of drug-likeness (QED) is 0.806. The molecule has 0 saturated heterocycles. The predicted octanol–water partition coefficient (Wildman–Crippen LogP) is 3.29. The lowest BCUT2D eigenvalue weighted by atomic mass is 10.2. The average molecular weight is 300 g/mol. The van der Waals surface area contributed by atoms with E-state index in [-0.39, 0.29) is 5.82 Å². The van der Waals surface area contributed by atoms with Crippen molar-refractivity contribution in [2.75, 3.05) is 0 Å². The van der Waals surface area contributed by atoms with Crippen molar-refractivity contribution < 1.29 is 9.90 Å². The number of benzene rings is 2. The molecular weight excluding hydrogens is 290 g/mol. The zero-order valence-electron chi connectivity index (χ0n) is 10.8. The SMILES string of the molecule is O=C(O)c1nc(-c2ccccc2)n(-c2cccc(Cl)c2)n1. The Morgan fingerprint density at radius 3 is 2.52 bits per heavy atom. The number of nitrogens with zero attached hydrogens (tertiary/aromatic N) is 3. The van der Waals surface area contributed by atoms with Gasteiger partial charge in [-0.3, -0.25) is 0 Å². The number of hydrogen-bond donors (Lipinski definition) is 1. The Bertz CT molecular complexity index is 800. The molecule has 0 aliphatic heterocycles. The standard InChI is InChI=1S/C15H10ClN3O2/c16-11-7-4-8-12(9-11)19-14(10-5-2-1-3-6-10)17-13(18-19)15(20)21/h1-9H,(H,20,21).